The fraction of sp³-hybridized carbons (Fsp3) is 0.536. The van der Waals surface area contributed by atoms with Gasteiger partial charge in [0.2, 0.25) is 0 Å². The maximum Gasteiger partial charge on any atom is 0.419 e. The molecule has 0 bridgehead atoms. The third-order valence-electron chi connectivity index (χ3n) is 6.61. The number of H-pyrrole nitrogens is 1. The van der Waals surface area contributed by atoms with Crippen LogP contribution in [0.1, 0.15) is 64.8 Å². The van der Waals surface area contributed by atoms with Crippen molar-refractivity contribution < 1.29 is 27.4 Å². The van der Waals surface area contributed by atoms with Crippen molar-refractivity contribution in [1.29, 1.82) is 0 Å². The van der Waals surface area contributed by atoms with Gasteiger partial charge in [-0.25, -0.2) is 4.79 Å². The first-order valence-electron chi connectivity index (χ1n) is 13.1. The monoisotopic (exact) mass is 547 g/mol. The Kier molecular flexibility index (Phi) is 7.73. The molecule has 0 aliphatic heterocycles. The van der Waals surface area contributed by atoms with Crippen LogP contribution in [0.3, 0.4) is 0 Å². The van der Waals surface area contributed by atoms with Crippen LogP contribution in [0.15, 0.2) is 24.3 Å². The van der Waals surface area contributed by atoms with Gasteiger partial charge in [-0.1, -0.05) is 13.8 Å². The number of hydrogen-bond acceptors (Lipinski definition) is 5. The predicted octanol–water partition coefficient (Wildman–Crippen LogP) is 6.40. The van der Waals surface area contributed by atoms with Gasteiger partial charge in [0.25, 0.3) is 0 Å². The molecule has 1 aliphatic rings. The summed E-state index contributed by atoms with van der Waals surface area (Å²) < 4.78 is 54.3. The molecule has 3 aromatic rings. The number of hydrogen-bond donors (Lipinski definition) is 2. The van der Waals surface area contributed by atoms with Crippen molar-refractivity contribution in [3.63, 3.8) is 0 Å². The molecule has 11 heteroatoms. The molecule has 0 atom stereocenters. The van der Waals surface area contributed by atoms with Gasteiger partial charge < -0.3 is 14.8 Å². The zero-order valence-corrected chi connectivity index (χ0v) is 23.3. The zero-order valence-electron chi connectivity index (χ0n) is 23.3. The summed E-state index contributed by atoms with van der Waals surface area (Å²) in [6.45, 7) is 12.3. The Hall–Kier alpha value is -3.50. The molecule has 0 fully saturated rings. The predicted molar refractivity (Wildman–Crippen MR) is 141 cm³/mol. The van der Waals surface area contributed by atoms with Crippen molar-refractivity contribution in [2.24, 2.45) is 5.41 Å². The lowest BCUT2D eigenvalue weighted by atomic mass is 9.76. The molecule has 0 unspecified atom stereocenters. The summed E-state index contributed by atoms with van der Waals surface area (Å²) in [5, 5.41) is 14.6. The van der Waals surface area contributed by atoms with Crippen LogP contribution in [-0.2, 0) is 30.3 Å². The lowest BCUT2D eigenvalue weighted by Gasteiger charge is -2.30. The first-order valence-corrected chi connectivity index (χ1v) is 13.1. The van der Waals surface area contributed by atoms with Gasteiger partial charge in [-0.3, -0.25) is 9.78 Å². The highest BCUT2D eigenvalue weighted by Gasteiger charge is 2.35. The number of ether oxygens (including phenoxy) is 2. The minimum atomic E-state index is -4.64. The van der Waals surface area contributed by atoms with E-state index in [9.17, 15) is 18.0 Å². The number of rotatable bonds is 7. The Morgan fingerprint density at radius 1 is 1.21 bits per heavy atom. The Bertz CT molecular complexity index is 1340. The molecule has 39 heavy (non-hydrogen) atoms. The van der Waals surface area contributed by atoms with Gasteiger partial charge in [-0.05, 0) is 76.6 Å². The van der Waals surface area contributed by atoms with Crippen molar-refractivity contribution >= 4 is 6.09 Å². The number of benzene rings is 1. The number of amides is 1. The highest BCUT2D eigenvalue weighted by molar-refractivity contribution is 5.70. The van der Waals surface area contributed by atoms with E-state index in [1.165, 1.54) is 23.4 Å². The van der Waals surface area contributed by atoms with Crippen molar-refractivity contribution in [2.75, 3.05) is 13.2 Å². The molecule has 0 spiro atoms. The molecule has 4 rings (SSSR count). The summed E-state index contributed by atoms with van der Waals surface area (Å²) in [4.78, 5) is 11.7. The van der Waals surface area contributed by atoms with Gasteiger partial charge in [-0.2, -0.15) is 23.4 Å². The van der Waals surface area contributed by atoms with Crippen LogP contribution in [0, 0.1) is 5.41 Å². The first kappa shape index (κ1) is 28.5. The number of alkyl carbamates (subject to hydrolysis) is 1. The van der Waals surface area contributed by atoms with E-state index in [1.54, 1.807) is 26.8 Å². The van der Waals surface area contributed by atoms with Crippen LogP contribution in [0.5, 0.6) is 5.75 Å². The molecule has 1 amide bonds. The SMILES string of the molecule is CCn1nc(-c2cc(-c3ccc(OCCNC(=O)OC(C)(C)C)c(C(F)(F)F)c3)n[nH]2)c2c1CC(C)(C)CC2. The minimum absolute atomic E-state index is 0.0113. The highest BCUT2D eigenvalue weighted by Crippen LogP contribution is 2.41. The Labute approximate surface area is 226 Å². The smallest absolute Gasteiger partial charge is 0.419 e. The molecule has 2 heterocycles. The number of aromatic amines is 1. The molecule has 1 aliphatic carbocycles. The second-order valence-corrected chi connectivity index (χ2v) is 11.6. The number of fused-ring (bicyclic) bond motifs is 1. The van der Waals surface area contributed by atoms with E-state index >= 15 is 0 Å². The molecular weight excluding hydrogens is 511 g/mol. The highest BCUT2D eigenvalue weighted by atomic mass is 19.4. The lowest BCUT2D eigenvalue weighted by Crippen LogP contribution is -2.34. The Morgan fingerprint density at radius 3 is 2.62 bits per heavy atom. The number of alkyl halides is 3. The van der Waals surface area contributed by atoms with Crippen LogP contribution < -0.4 is 10.1 Å². The second kappa shape index (κ2) is 10.6. The molecule has 8 nitrogen and oxygen atoms in total. The third-order valence-corrected chi connectivity index (χ3v) is 6.61. The molecule has 0 radical (unpaired) electrons. The van der Waals surface area contributed by atoms with E-state index in [2.05, 4.69) is 29.4 Å². The van der Waals surface area contributed by atoms with E-state index in [0.29, 0.717) is 17.0 Å². The van der Waals surface area contributed by atoms with Gasteiger partial charge in [0.15, 0.2) is 0 Å². The summed E-state index contributed by atoms with van der Waals surface area (Å²) in [6.07, 6.45) is -2.46. The fourth-order valence-corrected chi connectivity index (χ4v) is 4.73. The van der Waals surface area contributed by atoms with E-state index in [-0.39, 0.29) is 24.3 Å². The second-order valence-electron chi connectivity index (χ2n) is 11.6. The number of carbonyl (C=O) groups excluding carboxylic acids is 1. The molecule has 2 aromatic heterocycles. The average Bonchev–Trinajstić information content (AvgIpc) is 3.44. The van der Waals surface area contributed by atoms with Gasteiger partial charge in [0, 0.05) is 23.4 Å². The normalized spacial score (nSPS) is 15.1. The molecule has 212 valence electrons. The largest absolute Gasteiger partial charge is 0.491 e. The van der Waals surface area contributed by atoms with E-state index in [0.717, 1.165) is 37.6 Å². The molecule has 0 saturated heterocycles. The minimum Gasteiger partial charge on any atom is -0.491 e. The topological polar surface area (TPSA) is 94.1 Å². The Morgan fingerprint density at radius 2 is 1.95 bits per heavy atom. The molecular formula is C28H36F3N5O3. The number of carbonyl (C=O) groups is 1. The molecule has 2 N–H and O–H groups in total. The Balaban J connectivity index is 1.53. The summed E-state index contributed by atoms with van der Waals surface area (Å²) in [5.74, 6) is -0.327. The summed E-state index contributed by atoms with van der Waals surface area (Å²) in [6, 6.07) is 5.58. The van der Waals surface area contributed by atoms with Crippen molar-refractivity contribution in [1.82, 2.24) is 25.3 Å². The van der Waals surface area contributed by atoms with Gasteiger partial charge in [0.1, 0.15) is 23.7 Å². The van der Waals surface area contributed by atoms with Crippen LogP contribution in [0.25, 0.3) is 22.6 Å². The number of aryl methyl sites for hydroxylation is 1. The van der Waals surface area contributed by atoms with Crippen LogP contribution in [-0.4, -0.2) is 44.8 Å². The van der Waals surface area contributed by atoms with Crippen molar-refractivity contribution in [2.45, 2.75) is 79.1 Å². The number of nitrogens with zero attached hydrogens (tertiary/aromatic N) is 3. The summed E-state index contributed by atoms with van der Waals surface area (Å²) >= 11 is 0. The van der Waals surface area contributed by atoms with Crippen LogP contribution >= 0.6 is 0 Å². The van der Waals surface area contributed by atoms with Gasteiger partial charge in [0.05, 0.1) is 23.5 Å². The van der Waals surface area contributed by atoms with Crippen LogP contribution in [0.4, 0.5) is 18.0 Å². The van der Waals surface area contributed by atoms with Crippen molar-refractivity contribution in [3.05, 3.63) is 41.1 Å². The van der Waals surface area contributed by atoms with Crippen molar-refractivity contribution in [3.8, 4) is 28.4 Å². The van der Waals surface area contributed by atoms with E-state index in [1.807, 2.05) is 11.6 Å². The number of nitrogens with one attached hydrogen (secondary N) is 2. The van der Waals surface area contributed by atoms with E-state index in [4.69, 9.17) is 14.6 Å². The number of aromatic nitrogens is 4. The zero-order chi connectivity index (χ0) is 28.6. The van der Waals surface area contributed by atoms with Gasteiger partial charge >= 0.3 is 12.3 Å². The molecule has 0 saturated carbocycles. The average molecular weight is 548 g/mol. The van der Waals surface area contributed by atoms with E-state index < -0.39 is 23.4 Å². The summed E-state index contributed by atoms with van der Waals surface area (Å²) in [5.41, 5.74) is 3.14. The standard InChI is InChI=1S/C28H36F3N5O3/c1-7-36-22-16-27(5,6)11-10-18(22)24(35-36)21-15-20(33-34-21)17-8-9-23(19(14-17)28(29,30)31)38-13-12-32-25(37)39-26(2,3)4/h8-9,14-15H,7,10-13,16H2,1-6H3,(H,32,37)(H,33,34). The quantitative estimate of drug-likeness (QED) is 0.334. The van der Waals surface area contributed by atoms with Gasteiger partial charge in [-0.15, -0.1) is 0 Å². The number of halogens is 3. The van der Waals surface area contributed by atoms with Crippen LogP contribution in [0.2, 0.25) is 0 Å². The molecule has 1 aromatic carbocycles. The fourth-order valence-electron chi connectivity index (χ4n) is 4.73. The maximum atomic E-state index is 13.9. The lowest BCUT2D eigenvalue weighted by molar-refractivity contribution is -0.138. The summed E-state index contributed by atoms with van der Waals surface area (Å²) in [7, 11) is 0. The third kappa shape index (κ3) is 6.75. The first-order chi connectivity index (χ1) is 18.2. The maximum absolute atomic E-state index is 13.9.